The number of nitrogens with zero attached hydrogens (tertiary/aromatic N) is 1. The molecular formula is C17H22N2O5. The normalized spacial score (nSPS) is 19.7. The number of carbonyl (C=O) groups excluding carboxylic acids is 1. The molecule has 1 aromatic rings. The Bertz CT molecular complexity index is 604. The van der Waals surface area contributed by atoms with Gasteiger partial charge in [0.2, 0.25) is 0 Å². The average Bonchev–Trinajstić information content (AvgIpc) is 3.04. The Morgan fingerprint density at radius 1 is 1.25 bits per heavy atom. The van der Waals surface area contributed by atoms with Crippen LogP contribution in [0.1, 0.15) is 25.3 Å². The van der Waals surface area contributed by atoms with Crippen LogP contribution in [0.4, 0.5) is 4.79 Å². The van der Waals surface area contributed by atoms with Gasteiger partial charge in [0.25, 0.3) is 0 Å². The number of likely N-dealkylation sites (tertiary alicyclic amines) is 1. The number of amides is 1. The maximum absolute atomic E-state index is 12.5. The fraction of sp³-hybridized carbons (Fsp3) is 0.471. The highest BCUT2D eigenvalue weighted by molar-refractivity contribution is 5.92. The Balaban J connectivity index is 2.02. The number of aliphatic carboxylic acids is 1. The van der Waals surface area contributed by atoms with E-state index in [1.54, 1.807) is 6.92 Å². The van der Waals surface area contributed by atoms with E-state index < -0.39 is 30.2 Å². The Hall–Kier alpha value is -2.41. The molecule has 1 aliphatic rings. The van der Waals surface area contributed by atoms with Crippen LogP contribution in [0, 0.1) is 0 Å². The molecule has 0 aromatic heterocycles. The second-order valence-electron chi connectivity index (χ2n) is 6.01. The third kappa shape index (κ3) is 4.32. The molecule has 0 saturated carbocycles. The first-order valence-electron chi connectivity index (χ1n) is 7.96. The molecular weight excluding hydrogens is 312 g/mol. The molecule has 1 fully saturated rings. The molecule has 0 aliphatic carbocycles. The minimum absolute atomic E-state index is 0.251. The number of ketones is 1. The molecule has 3 N–H and O–H groups in total. The van der Waals surface area contributed by atoms with Gasteiger partial charge in [-0.25, -0.2) is 4.79 Å². The Morgan fingerprint density at radius 2 is 1.92 bits per heavy atom. The van der Waals surface area contributed by atoms with Gasteiger partial charge in [-0.3, -0.25) is 19.8 Å². The predicted octanol–water partition coefficient (Wildman–Crippen LogP) is 1.37. The van der Waals surface area contributed by atoms with Crippen LogP contribution in [-0.4, -0.2) is 57.6 Å². The maximum atomic E-state index is 12.5. The highest BCUT2D eigenvalue weighted by Crippen LogP contribution is 2.19. The van der Waals surface area contributed by atoms with Crippen molar-refractivity contribution in [2.24, 2.45) is 0 Å². The fourth-order valence-corrected chi connectivity index (χ4v) is 3.03. The van der Waals surface area contributed by atoms with Crippen molar-refractivity contribution in [3.8, 4) is 0 Å². The molecule has 2 rings (SSSR count). The van der Waals surface area contributed by atoms with Crippen LogP contribution in [-0.2, 0) is 16.0 Å². The van der Waals surface area contributed by atoms with Crippen LogP contribution in [0.15, 0.2) is 30.3 Å². The molecule has 1 aromatic carbocycles. The Kier molecular flexibility index (Phi) is 5.92. The van der Waals surface area contributed by atoms with E-state index in [4.69, 9.17) is 5.11 Å². The largest absolute Gasteiger partial charge is 0.480 e. The van der Waals surface area contributed by atoms with Gasteiger partial charge in [0, 0.05) is 6.54 Å². The van der Waals surface area contributed by atoms with Gasteiger partial charge >= 0.3 is 12.1 Å². The zero-order chi connectivity index (χ0) is 17.7. The van der Waals surface area contributed by atoms with Gasteiger partial charge < -0.3 is 10.2 Å². The first kappa shape index (κ1) is 17.9. The minimum Gasteiger partial charge on any atom is -0.480 e. The summed E-state index contributed by atoms with van der Waals surface area (Å²) in [4.78, 5) is 36.3. The van der Waals surface area contributed by atoms with Crippen LogP contribution in [0.5, 0.6) is 0 Å². The molecule has 0 unspecified atom stereocenters. The fourth-order valence-electron chi connectivity index (χ4n) is 3.03. The molecule has 7 heteroatoms. The standard InChI is InChI=1S/C17H22N2O5/c1-11(15(20)14-8-5-9-19(14)17(23)24)18-13(16(21)22)10-12-6-3-2-4-7-12/h2-4,6-7,11,13-14,18H,5,8-10H2,1H3,(H,21,22)(H,23,24)/t11-,13-,14-/m0/s1. The van der Waals surface area contributed by atoms with E-state index in [0.29, 0.717) is 19.4 Å². The van der Waals surface area contributed by atoms with E-state index in [1.807, 2.05) is 30.3 Å². The second kappa shape index (κ2) is 7.92. The van der Waals surface area contributed by atoms with E-state index in [2.05, 4.69) is 5.32 Å². The van der Waals surface area contributed by atoms with Crippen molar-refractivity contribution >= 4 is 17.8 Å². The number of benzene rings is 1. The Labute approximate surface area is 140 Å². The summed E-state index contributed by atoms with van der Waals surface area (Å²) in [5.74, 6) is -1.32. The lowest BCUT2D eigenvalue weighted by Gasteiger charge is -2.25. The molecule has 0 spiro atoms. The molecule has 1 aliphatic heterocycles. The van der Waals surface area contributed by atoms with Crippen molar-refractivity contribution in [2.75, 3.05) is 6.54 Å². The highest BCUT2D eigenvalue weighted by Gasteiger charge is 2.37. The minimum atomic E-state index is -1.11. The van der Waals surface area contributed by atoms with Crippen molar-refractivity contribution in [1.29, 1.82) is 0 Å². The molecule has 1 amide bonds. The van der Waals surface area contributed by atoms with E-state index in [-0.39, 0.29) is 12.2 Å². The monoisotopic (exact) mass is 334 g/mol. The highest BCUT2D eigenvalue weighted by atomic mass is 16.4. The van der Waals surface area contributed by atoms with Gasteiger partial charge in [0.15, 0.2) is 5.78 Å². The lowest BCUT2D eigenvalue weighted by molar-refractivity contribution is -0.140. The summed E-state index contributed by atoms with van der Waals surface area (Å²) in [5, 5.41) is 21.4. The van der Waals surface area contributed by atoms with E-state index in [1.165, 1.54) is 0 Å². The quantitative estimate of drug-likeness (QED) is 0.695. The number of carbonyl (C=O) groups is 3. The van der Waals surface area contributed by atoms with Crippen molar-refractivity contribution in [3.05, 3.63) is 35.9 Å². The number of carboxylic acids is 1. The molecule has 130 valence electrons. The number of hydrogen-bond acceptors (Lipinski definition) is 4. The maximum Gasteiger partial charge on any atom is 0.407 e. The van der Waals surface area contributed by atoms with Crippen LogP contribution in [0.3, 0.4) is 0 Å². The van der Waals surface area contributed by atoms with Crippen molar-refractivity contribution in [1.82, 2.24) is 10.2 Å². The molecule has 1 saturated heterocycles. The van der Waals surface area contributed by atoms with Gasteiger partial charge in [-0.2, -0.15) is 0 Å². The zero-order valence-corrected chi connectivity index (χ0v) is 13.5. The van der Waals surface area contributed by atoms with Gasteiger partial charge in [0.05, 0.1) is 12.1 Å². The summed E-state index contributed by atoms with van der Waals surface area (Å²) >= 11 is 0. The molecule has 1 heterocycles. The summed E-state index contributed by atoms with van der Waals surface area (Å²) < 4.78 is 0. The first-order valence-corrected chi connectivity index (χ1v) is 7.96. The van der Waals surface area contributed by atoms with Crippen LogP contribution < -0.4 is 5.32 Å². The van der Waals surface area contributed by atoms with Crippen molar-refractivity contribution in [2.45, 2.75) is 44.3 Å². The summed E-state index contributed by atoms with van der Waals surface area (Å²) in [5.41, 5.74) is 0.852. The smallest absolute Gasteiger partial charge is 0.407 e. The van der Waals surface area contributed by atoms with Gasteiger partial charge in [-0.1, -0.05) is 30.3 Å². The molecule has 3 atom stereocenters. The third-order valence-corrected chi connectivity index (χ3v) is 4.29. The number of hydrogen-bond donors (Lipinski definition) is 3. The van der Waals surface area contributed by atoms with Crippen LogP contribution in [0.2, 0.25) is 0 Å². The van der Waals surface area contributed by atoms with Crippen molar-refractivity contribution < 1.29 is 24.6 Å². The topological polar surface area (TPSA) is 107 Å². The Morgan fingerprint density at radius 3 is 2.50 bits per heavy atom. The van der Waals surface area contributed by atoms with E-state index >= 15 is 0 Å². The lowest BCUT2D eigenvalue weighted by atomic mass is 10.0. The van der Waals surface area contributed by atoms with Crippen molar-refractivity contribution in [3.63, 3.8) is 0 Å². The zero-order valence-electron chi connectivity index (χ0n) is 13.5. The lowest BCUT2D eigenvalue weighted by Crippen LogP contribution is -2.52. The first-order chi connectivity index (χ1) is 11.4. The molecule has 0 bridgehead atoms. The number of carboxylic acid groups (broad SMARTS) is 2. The number of Topliss-reactive ketones (excluding diaryl/α,β-unsaturated/α-hetero) is 1. The van der Waals surface area contributed by atoms with Crippen LogP contribution in [0.25, 0.3) is 0 Å². The number of nitrogens with one attached hydrogen (secondary N) is 1. The summed E-state index contributed by atoms with van der Waals surface area (Å²) in [6.45, 7) is 1.92. The summed E-state index contributed by atoms with van der Waals surface area (Å²) in [6, 6.07) is 6.81. The molecule has 24 heavy (non-hydrogen) atoms. The third-order valence-electron chi connectivity index (χ3n) is 4.29. The number of rotatable bonds is 7. The molecule has 7 nitrogen and oxygen atoms in total. The summed E-state index contributed by atoms with van der Waals surface area (Å²) in [6.07, 6.45) is 0.258. The summed E-state index contributed by atoms with van der Waals surface area (Å²) in [7, 11) is 0. The van der Waals surface area contributed by atoms with Gasteiger partial charge in [0.1, 0.15) is 6.04 Å². The van der Waals surface area contributed by atoms with E-state index in [0.717, 1.165) is 10.5 Å². The van der Waals surface area contributed by atoms with Gasteiger partial charge in [-0.05, 0) is 31.7 Å². The van der Waals surface area contributed by atoms with E-state index in [9.17, 15) is 19.5 Å². The second-order valence-corrected chi connectivity index (χ2v) is 6.01. The predicted molar refractivity (Wildman–Crippen MR) is 86.9 cm³/mol. The molecule has 0 radical (unpaired) electrons. The van der Waals surface area contributed by atoms with Crippen LogP contribution >= 0.6 is 0 Å². The van der Waals surface area contributed by atoms with Gasteiger partial charge in [-0.15, -0.1) is 0 Å². The average molecular weight is 334 g/mol. The SMILES string of the molecule is C[C@H](N[C@@H](Cc1ccccc1)C(=O)O)C(=O)[C@@H]1CCCN1C(=O)O.